The van der Waals surface area contributed by atoms with Crippen LogP contribution in [0, 0.1) is 0 Å². The molecule has 0 saturated carbocycles. The van der Waals surface area contributed by atoms with E-state index < -0.39 is 11.4 Å². The molecule has 2 aliphatic rings. The molecule has 2 unspecified atom stereocenters. The number of carbonyl (C=O) groups is 1. The van der Waals surface area contributed by atoms with Gasteiger partial charge in [-0.1, -0.05) is 6.07 Å². The number of amides is 1. The molecule has 1 aromatic rings. The van der Waals surface area contributed by atoms with Gasteiger partial charge >= 0.3 is 6.09 Å². The van der Waals surface area contributed by atoms with Crippen molar-refractivity contribution in [3.63, 3.8) is 0 Å². The summed E-state index contributed by atoms with van der Waals surface area (Å²) in [6.07, 6.45) is 0.287. The maximum atomic E-state index is 11.9. The molecule has 0 aromatic carbocycles. The Labute approximate surface area is 128 Å². The van der Waals surface area contributed by atoms with Crippen LogP contribution in [0.15, 0.2) is 17.5 Å². The summed E-state index contributed by atoms with van der Waals surface area (Å²) in [6.45, 7) is 7.17. The highest BCUT2D eigenvalue weighted by Crippen LogP contribution is 2.49. The van der Waals surface area contributed by atoms with E-state index in [-0.39, 0.29) is 12.2 Å². The average molecular weight is 311 g/mol. The van der Waals surface area contributed by atoms with E-state index in [0.717, 1.165) is 6.42 Å². The fraction of sp³-hybridized carbons (Fsp3) is 0.667. The van der Waals surface area contributed by atoms with Crippen LogP contribution in [0.5, 0.6) is 0 Å². The summed E-state index contributed by atoms with van der Waals surface area (Å²) < 4.78 is 17.5. The average Bonchev–Trinajstić information content (AvgIpc) is 3.02. The summed E-state index contributed by atoms with van der Waals surface area (Å²) >= 11 is 1.68. The van der Waals surface area contributed by atoms with Crippen molar-refractivity contribution in [2.75, 3.05) is 19.7 Å². The molecule has 0 radical (unpaired) electrons. The lowest BCUT2D eigenvalue weighted by Gasteiger charge is -2.40. The topological polar surface area (TPSA) is 48.0 Å². The number of ether oxygens (including phenoxy) is 3. The smallest absolute Gasteiger partial charge is 0.409 e. The lowest BCUT2D eigenvalue weighted by molar-refractivity contribution is -0.164. The first-order chi connectivity index (χ1) is 9.97. The quantitative estimate of drug-likeness (QED) is 0.842. The van der Waals surface area contributed by atoms with E-state index >= 15 is 0 Å². The Kier molecular flexibility index (Phi) is 3.71. The van der Waals surface area contributed by atoms with Crippen LogP contribution >= 0.6 is 11.3 Å². The summed E-state index contributed by atoms with van der Waals surface area (Å²) in [5.74, 6) is -0.640. The van der Waals surface area contributed by atoms with E-state index in [1.54, 1.807) is 16.2 Å². The molecule has 5 nitrogen and oxygen atoms in total. The van der Waals surface area contributed by atoms with Gasteiger partial charge in [0.25, 0.3) is 0 Å². The van der Waals surface area contributed by atoms with Gasteiger partial charge in [0.15, 0.2) is 5.79 Å². The van der Waals surface area contributed by atoms with Crippen LogP contribution in [0.3, 0.4) is 0 Å². The lowest BCUT2D eigenvalue weighted by atomic mass is 9.87. The molecule has 3 heterocycles. The number of hydrogen-bond donors (Lipinski definition) is 0. The van der Waals surface area contributed by atoms with Gasteiger partial charge in [-0.2, -0.15) is 0 Å². The van der Waals surface area contributed by atoms with Gasteiger partial charge in [0.2, 0.25) is 0 Å². The molecule has 0 spiro atoms. The molecule has 1 aromatic heterocycles. The number of likely N-dealkylation sites (tertiary alicyclic amines) is 1. The first-order valence-electron chi connectivity index (χ1n) is 7.30. The van der Waals surface area contributed by atoms with Crippen molar-refractivity contribution in [3.05, 3.63) is 22.4 Å². The van der Waals surface area contributed by atoms with Crippen LogP contribution in [0.25, 0.3) is 0 Å². The number of thiophene rings is 1. The summed E-state index contributed by atoms with van der Waals surface area (Å²) in [5, 5.41) is 2.05. The molecule has 2 aliphatic heterocycles. The fourth-order valence-electron chi connectivity index (χ4n) is 3.19. The van der Waals surface area contributed by atoms with Crippen LogP contribution in [-0.2, 0) is 19.8 Å². The van der Waals surface area contributed by atoms with Crippen LogP contribution in [-0.4, -0.2) is 42.6 Å². The molecule has 3 rings (SSSR count). The molecule has 1 amide bonds. The van der Waals surface area contributed by atoms with Gasteiger partial charge in [0.05, 0.1) is 13.2 Å². The van der Waals surface area contributed by atoms with Gasteiger partial charge in [0.1, 0.15) is 11.7 Å². The van der Waals surface area contributed by atoms with Gasteiger partial charge < -0.3 is 19.1 Å². The Morgan fingerprint density at radius 3 is 3.05 bits per heavy atom. The van der Waals surface area contributed by atoms with Crippen molar-refractivity contribution in [1.82, 2.24) is 4.90 Å². The monoisotopic (exact) mass is 311 g/mol. The second-order valence-electron chi connectivity index (χ2n) is 5.87. The second kappa shape index (κ2) is 5.26. The number of rotatable bonds is 2. The Morgan fingerprint density at radius 1 is 1.57 bits per heavy atom. The third-order valence-electron chi connectivity index (χ3n) is 3.98. The second-order valence-corrected chi connectivity index (χ2v) is 6.82. The molecular formula is C15H21NO4S. The number of fused-ring (bicyclic) bond motifs is 1. The largest absolute Gasteiger partial charge is 0.450 e. The first-order valence-corrected chi connectivity index (χ1v) is 8.18. The molecule has 2 saturated heterocycles. The summed E-state index contributed by atoms with van der Waals surface area (Å²) in [5.41, 5.74) is -0.444. The predicted octanol–water partition coefficient (Wildman–Crippen LogP) is 2.96. The Morgan fingerprint density at radius 2 is 2.38 bits per heavy atom. The Hall–Kier alpha value is -1.11. The van der Waals surface area contributed by atoms with Crippen molar-refractivity contribution in [3.8, 4) is 0 Å². The van der Waals surface area contributed by atoms with Gasteiger partial charge in [0, 0.05) is 17.8 Å². The molecular weight excluding hydrogens is 290 g/mol. The zero-order valence-corrected chi connectivity index (χ0v) is 13.4. The van der Waals surface area contributed by atoms with Crippen molar-refractivity contribution in [2.24, 2.45) is 0 Å². The minimum atomic E-state index is -0.640. The summed E-state index contributed by atoms with van der Waals surface area (Å²) in [4.78, 5) is 14.8. The van der Waals surface area contributed by atoms with E-state index in [9.17, 15) is 4.79 Å². The van der Waals surface area contributed by atoms with E-state index in [2.05, 4.69) is 6.07 Å². The zero-order chi connectivity index (χ0) is 15.1. The van der Waals surface area contributed by atoms with E-state index in [1.165, 1.54) is 4.88 Å². The Bertz CT molecular complexity index is 516. The van der Waals surface area contributed by atoms with Gasteiger partial charge in [-0.05, 0) is 32.2 Å². The maximum Gasteiger partial charge on any atom is 0.409 e. The minimum Gasteiger partial charge on any atom is -0.450 e. The first kappa shape index (κ1) is 14.8. The number of carbonyl (C=O) groups excluding carboxylic acids is 1. The molecule has 6 heteroatoms. The van der Waals surface area contributed by atoms with Crippen LogP contribution in [0.4, 0.5) is 4.79 Å². The highest BCUT2D eigenvalue weighted by atomic mass is 32.1. The molecule has 0 aliphatic carbocycles. The maximum absolute atomic E-state index is 11.9. The highest BCUT2D eigenvalue weighted by Gasteiger charge is 2.57. The SMILES string of the molecule is CCOC(=O)N1CCC2(c3cccs3)OC(C)(C)OC2C1. The normalized spacial score (nSPS) is 31.0. The molecule has 0 bridgehead atoms. The van der Waals surface area contributed by atoms with Gasteiger partial charge in [-0.25, -0.2) is 4.79 Å². The molecule has 0 N–H and O–H groups in total. The highest BCUT2D eigenvalue weighted by molar-refractivity contribution is 7.10. The third kappa shape index (κ3) is 2.56. The molecule has 2 atom stereocenters. The van der Waals surface area contributed by atoms with E-state index in [0.29, 0.717) is 19.7 Å². The Balaban J connectivity index is 1.85. The summed E-state index contributed by atoms with van der Waals surface area (Å²) in [7, 11) is 0. The predicted molar refractivity (Wildman–Crippen MR) is 79.2 cm³/mol. The van der Waals surface area contributed by atoms with Crippen LogP contribution in [0.1, 0.15) is 32.1 Å². The molecule has 116 valence electrons. The van der Waals surface area contributed by atoms with Crippen molar-refractivity contribution in [2.45, 2.75) is 44.7 Å². The van der Waals surface area contributed by atoms with E-state index in [1.807, 2.05) is 32.2 Å². The van der Waals surface area contributed by atoms with Gasteiger partial charge in [-0.15, -0.1) is 11.3 Å². The number of hydrogen-bond acceptors (Lipinski definition) is 5. The number of piperidine rings is 1. The lowest BCUT2D eigenvalue weighted by Crippen LogP contribution is -2.53. The minimum absolute atomic E-state index is 0.163. The third-order valence-corrected chi connectivity index (χ3v) is 5.01. The van der Waals surface area contributed by atoms with Crippen LogP contribution in [0.2, 0.25) is 0 Å². The number of nitrogens with zero attached hydrogens (tertiary/aromatic N) is 1. The van der Waals surface area contributed by atoms with Crippen molar-refractivity contribution < 1.29 is 19.0 Å². The fourth-order valence-corrected chi connectivity index (χ4v) is 4.12. The summed E-state index contributed by atoms with van der Waals surface area (Å²) in [6, 6.07) is 4.11. The van der Waals surface area contributed by atoms with Crippen molar-refractivity contribution >= 4 is 17.4 Å². The van der Waals surface area contributed by atoms with E-state index in [4.69, 9.17) is 14.2 Å². The molecule has 2 fully saturated rings. The van der Waals surface area contributed by atoms with Crippen LogP contribution < -0.4 is 0 Å². The van der Waals surface area contributed by atoms with Gasteiger partial charge in [-0.3, -0.25) is 0 Å². The van der Waals surface area contributed by atoms with Crippen molar-refractivity contribution in [1.29, 1.82) is 0 Å². The molecule has 21 heavy (non-hydrogen) atoms. The standard InChI is InChI=1S/C15H21NO4S/c1-4-18-13(17)16-8-7-15(12-6-5-9-21-12)11(10-16)19-14(2,3)20-15/h5-6,9,11H,4,7-8,10H2,1-3H3. The zero-order valence-electron chi connectivity index (χ0n) is 12.6.